The largest absolute Gasteiger partial charge is 0.319 e. The first-order valence-corrected chi connectivity index (χ1v) is 7.72. The number of nitrogens with zero attached hydrogens (tertiary/aromatic N) is 1. The van der Waals surface area contributed by atoms with Crippen LogP contribution in [0.3, 0.4) is 0 Å². The zero-order valence-corrected chi connectivity index (χ0v) is 15.0. The van der Waals surface area contributed by atoms with Gasteiger partial charge in [0.1, 0.15) is 0 Å². The summed E-state index contributed by atoms with van der Waals surface area (Å²) in [4.78, 5) is 11.8. The van der Waals surface area contributed by atoms with Crippen molar-refractivity contribution in [1.82, 2.24) is 15.5 Å². The lowest BCUT2D eigenvalue weighted by molar-refractivity contribution is -0.116. The first kappa shape index (κ1) is 18.7. The van der Waals surface area contributed by atoms with Crippen molar-refractivity contribution in [3.8, 4) is 11.3 Å². The number of amides is 1. The number of halogens is 2. The molecular formula is C15H20BrClN4O. The maximum Gasteiger partial charge on any atom is 0.226 e. The number of hydrogen-bond donors (Lipinski definition) is 3. The Hall–Kier alpha value is -1.37. The molecule has 2 rings (SSSR count). The highest BCUT2D eigenvalue weighted by atomic mass is 79.9. The quantitative estimate of drug-likeness (QED) is 0.712. The molecule has 0 aliphatic rings. The van der Waals surface area contributed by atoms with Gasteiger partial charge >= 0.3 is 0 Å². The predicted molar refractivity (Wildman–Crippen MR) is 95.5 cm³/mol. The Bertz CT molecular complexity index is 613. The van der Waals surface area contributed by atoms with Gasteiger partial charge in [-0.25, -0.2) is 0 Å². The monoisotopic (exact) mass is 386 g/mol. The third kappa shape index (κ3) is 4.56. The van der Waals surface area contributed by atoms with E-state index in [1.165, 1.54) is 0 Å². The maximum atomic E-state index is 11.8. The Morgan fingerprint density at radius 3 is 2.59 bits per heavy atom. The average molecular weight is 388 g/mol. The molecule has 22 heavy (non-hydrogen) atoms. The standard InChI is InChI=1S/C15H19BrN4O.ClH/c1-3-12-14(10-4-6-11(16)7-5-10)19-20-15(12)18-13(21)8-9-17-2;/h4-7,17H,3,8-9H2,1-2H3,(H2,18,19,20,21);1H. The third-order valence-corrected chi connectivity index (χ3v) is 3.74. The third-order valence-electron chi connectivity index (χ3n) is 3.21. The summed E-state index contributed by atoms with van der Waals surface area (Å²) in [6.07, 6.45) is 1.23. The minimum absolute atomic E-state index is 0. The van der Waals surface area contributed by atoms with Crippen LogP contribution in [0.25, 0.3) is 11.3 Å². The molecule has 0 saturated heterocycles. The summed E-state index contributed by atoms with van der Waals surface area (Å²) in [7, 11) is 1.82. The molecule has 7 heteroatoms. The van der Waals surface area contributed by atoms with Crippen molar-refractivity contribution >= 4 is 40.1 Å². The zero-order valence-electron chi connectivity index (χ0n) is 12.6. The van der Waals surface area contributed by atoms with E-state index >= 15 is 0 Å². The zero-order chi connectivity index (χ0) is 15.2. The van der Waals surface area contributed by atoms with E-state index < -0.39 is 0 Å². The number of anilines is 1. The summed E-state index contributed by atoms with van der Waals surface area (Å²) in [5.74, 6) is 0.587. The molecule has 1 amide bonds. The van der Waals surface area contributed by atoms with Crippen LogP contribution in [0.15, 0.2) is 28.7 Å². The van der Waals surface area contributed by atoms with Crippen molar-refractivity contribution in [1.29, 1.82) is 0 Å². The lowest BCUT2D eigenvalue weighted by atomic mass is 10.1. The lowest BCUT2D eigenvalue weighted by Gasteiger charge is -2.05. The molecular weight excluding hydrogens is 368 g/mol. The summed E-state index contributed by atoms with van der Waals surface area (Å²) in [6, 6.07) is 8.01. The number of H-pyrrole nitrogens is 1. The topological polar surface area (TPSA) is 69.8 Å². The minimum atomic E-state index is -0.0343. The van der Waals surface area contributed by atoms with Crippen LogP contribution in [0, 0.1) is 0 Å². The summed E-state index contributed by atoms with van der Waals surface area (Å²) >= 11 is 3.43. The second-order valence-electron chi connectivity index (χ2n) is 4.69. The highest BCUT2D eigenvalue weighted by Gasteiger charge is 2.15. The molecule has 0 aliphatic heterocycles. The number of rotatable bonds is 6. The van der Waals surface area contributed by atoms with Crippen LogP contribution >= 0.6 is 28.3 Å². The molecule has 1 aromatic carbocycles. The number of nitrogens with one attached hydrogen (secondary N) is 3. The van der Waals surface area contributed by atoms with Crippen molar-refractivity contribution in [3.63, 3.8) is 0 Å². The smallest absolute Gasteiger partial charge is 0.226 e. The number of hydrogen-bond acceptors (Lipinski definition) is 3. The molecule has 120 valence electrons. The Kier molecular flexibility index (Phi) is 7.58. The fourth-order valence-corrected chi connectivity index (χ4v) is 2.37. The summed E-state index contributed by atoms with van der Waals surface area (Å²) in [5.41, 5.74) is 3.03. The predicted octanol–water partition coefficient (Wildman–Crippen LogP) is 3.37. The second kappa shape index (κ2) is 8.92. The molecule has 0 radical (unpaired) electrons. The Morgan fingerprint density at radius 2 is 2.00 bits per heavy atom. The number of carbonyl (C=O) groups is 1. The molecule has 1 heterocycles. The Balaban J connectivity index is 0.00000242. The number of aromatic amines is 1. The van der Waals surface area contributed by atoms with Gasteiger partial charge in [0.05, 0.1) is 5.69 Å². The molecule has 0 atom stereocenters. The lowest BCUT2D eigenvalue weighted by Crippen LogP contribution is -2.19. The molecule has 1 aromatic heterocycles. The Labute approximate surface area is 144 Å². The van der Waals surface area contributed by atoms with Gasteiger partial charge in [0.15, 0.2) is 5.82 Å². The molecule has 0 bridgehead atoms. The van der Waals surface area contributed by atoms with E-state index in [9.17, 15) is 4.79 Å². The van der Waals surface area contributed by atoms with Crippen molar-refractivity contribution < 1.29 is 4.79 Å². The number of carbonyl (C=O) groups excluding carboxylic acids is 1. The van der Waals surface area contributed by atoms with E-state index in [1.807, 2.05) is 31.3 Å². The van der Waals surface area contributed by atoms with Crippen LogP contribution in [0.5, 0.6) is 0 Å². The van der Waals surface area contributed by atoms with Gasteiger partial charge in [0.2, 0.25) is 5.91 Å². The van der Waals surface area contributed by atoms with E-state index in [2.05, 4.69) is 43.7 Å². The van der Waals surface area contributed by atoms with E-state index in [0.29, 0.717) is 18.8 Å². The van der Waals surface area contributed by atoms with Gasteiger partial charge in [-0.15, -0.1) is 12.4 Å². The van der Waals surface area contributed by atoms with Gasteiger partial charge in [-0.2, -0.15) is 5.10 Å². The van der Waals surface area contributed by atoms with Crippen LogP contribution in [0.1, 0.15) is 18.9 Å². The summed E-state index contributed by atoms with van der Waals surface area (Å²) in [6.45, 7) is 2.70. The van der Waals surface area contributed by atoms with E-state index in [0.717, 1.165) is 27.7 Å². The molecule has 0 saturated carbocycles. The van der Waals surface area contributed by atoms with Gasteiger partial charge in [-0.05, 0) is 31.2 Å². The number of benzene rings is 1. The van der Waals surface area contributed by atoms with Crippen LogP contribution < -0.4 is 10.6 Å². The first-order valence-electron chi connectivity index (χ1n) is 6.93. The SMILES string of the molecule is CCc1c(NC(=O)CCNC)n[nH]c1-c1ccc(Br)cc1.Cl. The molecule has 3 N–H and O–H groups in total. The molecule has 5 nitrogen and oxygen atoms in total. The van der Waals surface area contributed by atoms with Gasteiger partial charge in [0.25, 0.3) is 0 Å². The van der Waals surface area contributed by atoms with E-state index in [1.54, 1.807) is 0 Å². The molecule has 2 aromatic rings. The Morgan fingerprint density at radius 1 is 1.32 bits per heavy atom. The fourth-order valence-electron chi connectivity index (χ4n) is 2.10. The van der Waals surface area contributed by atoms with Crippen molar-refractivity contribution in [2.24, 2.45) is 0 Å². The van der Waals surface area contributed by atoms with Crippen LogP contribution in [-0.4, -0.2) is 29.7 Å². The highest BCUT2D eigenvalue weighted by molar-refractivity contribution is 9.10. The molecule has 0 unspecified atom stereocenters. The summed E-state index contributed by atoms with van der Waals surface area (Å²) < 4.78 is 1.03. The van der Waals surface area contributed by atoms with Crippen molar-refractivity contribution in [2.75, 3.05) is 18.9 Å². The van der Waals surface area contributed by atoms with E-state index in [4.69, 9.17) is 0 Å². The van der Waals surface area contributed by atoms with Gasteiger partial charge in [-0.1, -0.05) is 35.0 Å². The first-order chi connectivity index (χ1) is 10.2. The van der Waals surface area contributed by atoms with Crippen LogP contribution in [-0.2, 0) is 11.2 Å². The van der Waals surface area contributed by atoms with Crippen LogP contribution in [0.4, 0.5) is 5.82 Å². The van der Waals surface area contributed by atoms with Gasteiger partial charge in [-0.3, -0.25) is 9.89 Å². The second-order valence-corrected chi connectivity index (χ2v) is 5.60. The van der Waals surface area contributed by atoms with E-state index in [-0.39, 0.29) is 18.3 Å². The highest BCUT2D eigenvalue weighted by Crippen LogP contribution is 2.28. The van der Waals surface area contributed by atoms with Crippen molar-refractivity contribution in [2.45, 2.75) is 19.8 Å². The normalized spacial score (nSPS) is 10.1. The number of aromatic nitrogens is 2. The molecule has 0 fully saturated rings. The van der Waals surface area contributed by atoms with Crippen molar-refractivity contribution in [3.05, 3.63) is 34.3 Å². The minimum Gasteiger partial charge on any atom is -0.319 e. The van der Waals surface area contributed by atoms with Crippen LogP contribution in [0.2, 0.25) is 0 Å². The maximum absolute atomic E-state index is 11.8. The average Bonchev–Trinajstić information content (AvgIpc) is 2.88. The fraction of sp³-hybridized carbons (Fsp3) is 0.333. The molecule has 0 spiro atoms. The summed E-state index contributed by atoms with van der Waals surface area (Å²) in [5, 5.41) is 13.1. The van der Waals surface area contributed by atoms with Gasteiger partial charge < -0.3 is 10.6 Å². The molecule has 0 aliphatic carbocycles. The van der Waals surface area contributed by atoms with Gasteiger partial charge in [0, 0.05) is 23.0 Å².